The van der Waals surface area contributed by atoms with E-state index >= 15 is 0 Å². The molecule has 0 saturated heterocycles. The predicted octanol–water partition coefficient (Wildman–Crippen LogP) is -0.105. The second-order valence-corrected chi connectivity index (χ2v) is 2.58. The molecule has 5 nitrogen and oxygen atoms in total. The first-order valence-electron chi connectivity index (χ1n) is 3.85. The Morgan fingerprint density at radius 1 is 1.75 bits per heavy atom. The molecule has 0 fully saturated rings. The maximum Gasteiger partial charge on any atom is 0.219 e. The molecule has 0 aliphatic heterocycles. The Morgan fingerprint density at radius 2 is 2.33 bits per heavy atom. The number of rotatable bonds is 4. The van der Waals surface area contributed by atoms with Gasteiger partial charge >= 0.3 is 0 Å². The summed E-state index contributed by atoms with van der Waals surface area (Å²) in [6.07, 6.45) is 0.447. The minimum atomic E-state index is -0.134. The summed E-state index contributed by atoms with van der Waals surface area (Å²) in [5.74, 6) is -0.0375. The largest absolute Gasteiger partial charge is 0.409 e. The van der Waals surface area contributed by atoms with Gasteiger partial charge in [0, 0.05) is 18.9 Å². The van der Waals surface area contributed by atoms with Crippen molar-refractivity contribution in [2.45, 2.75) is 20.3 Å². The predicted molar refractivity (Wildman–Crippen MR) is 45.9 cm³/mol. The quantitative estimate of drug-likeness (QED) is 0.240. The number of hydrogen-bond acceptors (Lipinski definition) is 3. The first-order valence-corrected chi connectivity index (χ1v) is 3.85. The van der Waals surface area contributed by atoms with Crippen molar-refractivity contribution in [3.8, 4) is 0 Å². The molecule has 12 heavy (non-hydrogen) atoms. The molecule has 0 aromatic rings. The van der Waals surface area contributed by atoms with Gasteiger partial charge in [-0.15, -0.1) is 0 Å². The summed E-state index contributed by atoms with van der Waals surface area (Å²) >= 11 is 0. The van der Waals surface area contributed by atoms with Crippen LogP contribution in [0.5, 0.6) is 0 Å². The maximum atomic E-state index is 10.8. The zero-order valence-electron chi connectivity index (χ0n) is 7.37. The fourth-order valence-electron chi connectivity index (χ4n) is 0.595. The highest BCUT2D eigenvalue weighted by Crippen LogP contribution is 1.91. The third-order valence-corrected chi connectivity index (χ3v) is 1.55. The van der Waals surface area contributed by atoms with Gasteiger partial charge in [0.15, 0.2) is 0 Å². The van der Waals surface area contributed by atoms with Crippen molar-refractivity contribution in [1.82, 2.24) is 5.32 Å². The van der Waals surface area contributed by atoms with Gasteiger partial charge in [0.25, 0.3) is 0 Å². The zero-order chi connectivity index (χ0) is 9.56. The van der Waals surface area contributed by atoms with Gasteiger partial charge < -0.3 is 16.3 Å². The van der Waals surface area contributed by atoms with E-state index in [1.54, 1.807) is 13.8 Å². The van der Waals surface area contributed by atoms with E-state index in [-0.39, 0.29) is 17.7 Å². The molecule has 70 valence electrons. The van der Waals surface area contributed by atoms with Gasteiger partial charge in [-0.1, -0.05) is 19.0 Å². The van der Waals surface area contributed by atoms with Crippen molar-refractivity contribution in [2.24, 2.45) is 16.8 Å². The van der Waals surface area contributed by atoms with E-state index in [0.29, 0.717) is 13.0 Å². The van der Waals surface area contributed by atoms with E-state index in [2.05, 4.69) is 10.5 Å². The number of carbonyl (C=O) groups excluding carboxylic acids is 1. The summed E-state index contributed by atoms with van der Waals surface area (Å²) < 4.78 is 0. The smallest absolute Gasteiger partial charge is 0.219 e. The summed E-state index contributed by atoms with van der Waals surface area (Å²) in [7, 11) is 0. The molecule has 0 bridgehead atoms. The topological polar surface area (TPSA) is 87.7 Å². The molecule has 1 unspecified atom stereocenters. The van der Waals surface area contributed by atoms with Gasteiger partial charge in [0.05, 0.1) is 0 Å². The minimum absolute atomic E-state index is 0.0346. The van der Waals surface area contributed by atoms with Crippen LogP contribution in [0, 0.1) is 5.92 Å². The van der Waals surface area contributed by atoms with Crippen LogP contribution in [0.4, 0.5) is 0 Å². The number of hydrogen-bond donors (Lipinski definition) is 3. The molecule has 0 radical (unpaired) electrons. The second-order valence-electron chi connectivity index (χ2n) is 2.58. The van der Waals surface area contributed by atoms with E-state index in [0.717, 1.165) is 0 Å². The van der Waals surface area contributed by atoms with Crippen molar-refractivity contribution >= 4 is 11.7 Å². The lowest BCUT2D eigenvalue weighted by Crippen LogP contribution is -2.34. The number of carbonyl (C=O) groups is 1. The van der Waals surface area contributed by atoms with E-state index < -0.39 is 0 Å². The zero-order valence-corrected chi connectivity index (χ0v) is 7.37. The van der Waals surface area contributed by atoms with Gasteiger partial charge in [-0.25, -0.2) is 0 Å². The molecule has 0 saturated carbocycles. The molecule has 0 aromatic heterocycles. The average Bonchev–Trinajstić information content (AvgIpc) is 2.11. The van der Waals surface area contributed by atoms with Crippen molar-refractivity contribution < 1.29 is 10.0 Å². The summed E-state index contributed by atoms with van der Waals surface area (Å²) in [6.45, 7) is 3.94. The first-order chi connectivity index (χ1) is 5.61. The molecule has 5 heteroatoms. The van der Waals surface area contributed by atoms with Gasteiger partial charge in [0.1, 0.15) is 5.84 Å². The summed E-state index contributed by atoms with van der Waals surface area (Å²) in [4.78, 5) is 10.8. The lowest BCUT2D eigenvalue weighted by atomic mass is 10.1. The van der Waals surface area contributed by atoms with Crippen LogP contribution in [0.1, 0.15) is 20.3 Å². The van der Waals surface area contributed by atoms with Gasteiger partial charge in [-0.2, -0.15) is 0 Å². The molecule has 0 aliphatic carbocycles. The number of nitrogens with one attached hydrogen (secondary N) is 1. The van der Waals surface area contributed by atoms with Crippen LogP contribution < -0.4 is 11.1 Å². The molecule has 4 N–H and O–H groups in total. The molecule has 0 heterocycles. The fourth-order valence-corrected chi connectivity index (χ4v) is 0.595. The fraction of sp³-hybridized carbons (Fsp3) is 0.714. The molecule has 1 amide bonds. The van der Waals surface area contributed by atoms with E-state index in [9.17, 15) is 4.79 Å². The number of nitrogens with two attached hydrogens (primary N) is 1. The summed E-state index contributed by atoms with van der Waals surface area (Å²) in [6, 6.07) is 0. The molecule has 0 spiro atoms. The van der Waals surface area contributed by atoms with Crippen LogP contribution >= 0.6 is 0 Å². The lowest BCUT2D eigenvalue weighted by Gasteiger charge is -2.09. The normalized spacial score (nSPS) is 14.0. The van der Waals surface area contributed by atoms with Crippen LogP contribution in [0.3, 0.4) is 0 Å². The van der Waals surface area contributed by atoms with Crippen LogP contribution in [0.2, 0.25) is 0 Å². The highest BCUT2D eigenvalue weighted by molar-refractivity contribution is 5.83. The SMILES string of the molecule is CCC(=O)NCC(C)C(N)=NO. The summed E-state index contributed by atoms with van der Waals surface area (Å²) in [5.41, 5.74) is 5.29. The molecule has 1 atom stereocenters. The number of amidine groups is 1. The van der Waals surface area contributed by atoms with Crippen molar-refractivity contribution in [1.29, 1.82) is 0 Å². The van der Waals surface area contributed by atoms with Crippen LogP contribution in [0.25, 0.3) is 0 Å². The van der Waals surface area contributed by atoms with Gasteiger partial charge in [-0.05, 0) is 0 Å². The van der Waals surface area contributed by atoms with Crippen LogP contribution in [-0.2, 0) is 4.79 Å². The Morgan fingerprint density at radius 3 is 2.75 bits per heavy atom. The van der Waals surface area contributed by atoms with E-state index in [4.69, 9.17) is 10.9 Å². The van der Waals surface area contributed by atoms with Crippen molar-refractivity contribution in [2.75, 3.05) is 6.54 Å². The second kappa shape index (κ2) is 5.40. The third-order valence-electron chi connectivity index (χ3n) is 1.55. The first kappa shape index (κ1) is 10.7. The van der Waals surface area contributed by atoms with E-state index in [1.807, 2.05) is 0 Å². The molecular weight excluding hydrogens is 158 g/mol. The Bertz CT molecular complexity index is 179. The minimum Gasteiger partial charge on any atom is -0.409 e. The summed E-state index contributed by atoms with van der Waals surface area (Å²) in [5, 5.41) is 13.7. The van der Waals surface area contributed by atoms with Crippen LogP contribution in [0.15, 0.2) is 5.16 Å². The maximum absolute atomic E-state index is 10.8. The van der Waals surface area contributed by atoms with Crippen molar-refractivity contribution in [3.05, 3.63) is 0 Å². The Labute approximate surface area is 71.6 Å². The number of oxime groups is 1. The lowest BCUT2D eigenvalue weighted by molar-refractivity contribution is -0.120. The average molecular weight is 173 g/mol. The van der Waals surface area contributed by atoms with E-state index in [1.165, 1.54) is 0 Å². The highest BCUT2D eigenvalue weighted by Gasteiger charge is 2.07. The van der Waals surface area contributed by atoms with Gasteiger partial charge in [-0.3, -0.25) is 4.79 Å². The molecule has 0 aromatic carbocycles. The monoisotopic (exact) mass is 173 g/mol. The Kier molecular flexibility index (Phi) is 4.83. The third kappa shape index (κ3) is 3.80. The number of amides is 1. The standard InChI is InChI=1S/C7H15N3O2/c1-3-6(11)9-4-5(2)7(8)10-12/h5,12H,3-4H2,1-2H3,(H2,8,10)(H,9,11). The Hall–Kier alpha value is -1.26. The highest BCUT2D eigenvalue weighted by atomic mass is 16.4. The molecular formula is C7H15N3O2. The molecule has 0 aliphatic rings. The van der Waals surface area contributed by atoms with Crippen LogP contribution in [-0.4, -0.2) is 23.5 Å². The number of nitrogens with zero attached hydrogens (tertiary/aromatic N) is 1. The Balaban J connectivity index is 3.71. The molecule has 0 rings (SSSR count). The van der Waals surface area contributed by atoms with Crippen molar-refractivity contribution in [3.63, 3.8) is 0 Å². The van der Waals surface area contributed by atoms with Gasteiger partial charge in [0.2, 0.25) is 5.91 Å².